The first-order valence-corrected chi connectivity index (χ1v) is 5.27. The molecule has 0 heterocycles. The van der Waals surface area contributed by atoms with Gasteiger partial charge in [0.05, 0.1) is 13.2 Å². The van der Waals surface area contributed by atoms with Crippen LogP contribution in [-0.4, -0.2) is 25.2 Å². The van der Waals surface area contributed by atoms with Gasteiger partial charge in [0.2, 0.25) is 0 Å². The minimum atomic E-state index is -0.585. The van der Waals surface area contributed by atoms with E-state index in [1.54, 1.807) is 6.92 Å². The fourth-order valence-electron chi connectivity index (χ4n) is 0.717. The van der Waals surface area contributed by atoms with E-state index < -0.39 is 11.9 Å². The standard InChI is InChI=1S/C12H18O5/c1-9(2)11(13)15-7-5-6-8-16-17-12(14)10(3)4/h1,3,5-8H2,2,4H3. The summed E-state index contributed by atoms with van der Waals surface area (Å²) in [5, 5.41) is 0. The Labute approximate surface area is 101 Å². The number of unbranched alkanes of at least 4 members (excludes halogenated alkanes) is 1. The maximum Gasteiger partial charge on any atom is 0.368 e. The summed E-state index contributed by atoms with van der Waals surface area (Å²) in [5.41, 5.74) is 0.650. The smallest absolute Gasteiger partial charge is 0.368 e. The molecular weight excluding hydrogens is 224 g/mol. The average molecular weight is 242 g/mol. The number of hydrogen-bond acceptors (Lipinski definition) is 5. The van der Waals surface area contributed by atoms with Crippen LogP contribution in [0.25, 0.3) is 0 Å². The van der Waals surface area contributed by atoms with Crippen molar-refractivity contribution in [3.63, 3.8) is 0 Å². The van der Waals surface area contributed by atoms with Crippen LogP contribution in [0.2, 0.25) is 0 Å². The minimum absolute atomic E-state index is 0.254. The molecule has 0 aromatic carbocycles. The second-order valence-electron chi connectivity index (χ2n) is 3.60. The molecule has 5 nitrogen and oxygen atoms in total. The van der Waals surface area contributed by atoms with Crippen LogP contribution in [0.4, 0.5) is 0 Å². The molecule has 0 aromatic heterocycles. The van der Waals surface area contributed by atoms with E-state index in [2.05, 4.69) is 22.9 Å². The molecule has 0 aliphatic rings. The molecule has 0 saturated carbocycles. The maximum absolute atomic E-state index is 11.0. The van der Waals surface area contributed by atoms with Crippen LogP contribution < -0.4 is 0 Å². The first-order chi connectivity index (χ1) is 7.95. The molecule has 0 aliphatic carbocycles. The predicted octanol–water partition coefficient (Wildman–Crippen LogP) is 1.94. The van der Waals surface area contributed by atoms with Gasteiger partial charge < -0.3 is 4.74 Å². The molecule has 0 spiro atoms. The quantitative estimate of drug-likeness (QED) is 0.214. The fourth-order valence-corrected chi connectivity index (χ4v) is 0.717. The van der Waals surface area contributed by atoms with Crippen LogP contribution >= 0.6 is 0 Å². The second kappa shape index (κ2) is 8.52. The zero-order chi connectivity index (χ0) is 13.3. The Hall–Kier alpha value is -1.62. The molecule has 0 atom stereocenters. The molecular formula is C12H18O5. The van der Waals surface area contributed by atoms with Crippen molar-refractivity contribution in [2.75, 3.05) is 13.2 Å². The lowest BCUT2D eigenvalue weighted by Crippen LogP contribution is -2.09. The van der Waals surface area contributed by atoms with E-state index >= 15 is 0 Å². The van der Waals surface area contributed by atoms with Crippen molar-refractivity contribution in [2.45, 2.75) is 26.7 Å². The third-order valence-corrected chi connectivity index (χ3v) is 1.69. The summed E-state index contributed by atoms with van der Waals surface area (Å²) in [6.07, 6.45) is 1.25. The largest absolute Gasteiger partial charge is 0.462 e. The van der Waals surface area contributed by atoms with Gasteiger partial charge in [-0.15, -0.1) is 0 Å². The normalized spacial score (nSPS) is 9.53. The molecule has 96 valence electrons. The van der Waals surface area contributed by atoms with Crippen molar-refractivity contribution in [2.24, 2.45) is 0 Å². The molecule has 0 unspecified atom stereocenters. The van der Waals surface area contributed by atoms with Crippen LogP contribution in [0.1, 0.15) is 26.7 Å². The number of rotatable bonds is 8. The predicted molar refractivity (Wildman–Crippen MR) is 61.9 cm³/mol. The van der Waals surface area contributed by atoms with Crippen molar-refractivity contribution >= 4 is 11.9 Å². The average Bonchev–Trinajstić information content (AvgIpc) is 2.26. The number of carbonyl (C=O) groups is 2. The van der Waals surface area contributed by atoms with Gasteiger partial charge in [0, 0.05) is 11.1 Å². The number of hydrogen-bond donors (Lipinski definition) is 0. The minimum Gasteiger partial charge on any atom is -0.462 e. The first-order valence-electron chi connectivity index (χ1n) is 5.27. The third-order valence-electron chi connectivity index (χ3n) is 1.69. The lowest BCUT2D eigenvalue weighted by molar-refractivity contribution is -0.268. The molecule has 0 amide bonds. The van der Waals surface area contributed by atoms with Gasteiger partial charge in [-0.1, -0.05) is 13.2 Å². The van der Waals surface area contributed by atoms with Crippen LogP contribution in [0.3, 0.4) is 0 Å². The molecule has 0 fully saturated rings. The molecule has 0 aromatic rings. The zero-order valence-electron chi connectivity index (χ0n) is 10.3. The van der Waals surface area contributed by atoms with Crippen molar-refractivity contribution in [1.29, 1.82) is 0 Å². The molecule has 0 saturated heterocycles. The highest BCUT2D eigenvalue weighted by molar-refractivity contribution is 5.87. The Kier molecular flexibility index (Phi) is 7.71. The van der Waals surface area contributed by atoms with Gasteiger partial charge in [-0.3, -0.25) is 4.89 Å². The van der Waals surface area contributed by atoms with E-state index in [4.69, 9.17) is 4.74 Å². The summed E-state index contributed by atoms with van der Waals surface area (Å²) in [6.45, 7) is 10.5. The summed E-state index contributed by atoms with van der Waals surface area (Å²) in [5.74, 6) is -0.988. The van der Waals surface area contributed by atoms with E-state index in [9.17, 15) is 9.59 Å². The van der Waals surface area contributed by atoms with Crippen LogP contribution in [0.5, 0.6) is 0 Å². The molecule has 0 bridgehead atoms. The van der Waals surface area contributed by atoms with E-state index in [1.165, 1.54) is 6.92 Å². The summed E-state index contributed by atoms with van der Waals surface area (Å²) < 4.78 is 4.85. The summed E-state index contributed by atoms with van der Waals surface area (Å²) in [4.78, 5) is 30.9. The van der Waals surface area contributed by atoms with Crippen molar-refractivity contribution in [3.8, 4) is 0 Å². The van der Waals surface area contributed by atoms with E-state index in [-0.39, 0.29) is 12.2 Å². The zero-order valence-corrected chi connectivity index (χ0v) is 10.3. The van der Waals surface area contributed by atoms with Gasteiger partial charge in [-0.2, -0.15) is 4.89 Å². The Morgan fingerprint density at radius 3 is 2.00 bits per heavy atom. The molecule has 0 radical (unpaired) electrons. The fraction of sp³-hybridized carbons (Fsp3) is 0.500. The molecule has 0 aliphatic heterocycles. The lowest BCUT2D eigenvalue weighted by atomic mass is 10.3. The Bertz CT molecular complexity index is 276. The molecule has 17 heavy (non-hydrogen) atoms. The topological polar surface area (TPSA) is 61.8 Å². The van der Waals surface area contributed by atoms with E-state index in [0.29, 0.717) is 25.0 Å². The molecule has 0 rings (SSSR count). The van der Waals surface area contributed by atoms with Gasteiger partial charge in [0.25, 0.3) is 0 Å². The van der Waals surface area contributed by atoms with Crippen molar-refractivity contribution in [1.82, 2.24) is 0 Å². The van der Waals surface area contributed by atoms with Gasteiger partial charge in [0.15, 0.2) is 0 Å². The Morgan fingerprint density at radius 2 is 1.47 bits per heavy atom. The van der Waals surface area contributed by atoms with Gasteiger partial charge in [-0.05, 0) is 26.7 Å². The van der Waals surface area contributed by atoms with Crippen molar-refractivity contribution < 1.29 is 24.1 Å². The summed E-state index contributed by atoms with van der Waals surface area (Å²) in [7, 11) is 0. The van der Waals surface area contributed by atoms with E-state index in [1.807, 2.05) is 0 Å². The SMILES string of the molecule is C=C(C)C(=O)OCCCCOOC(=O)C(=C)C. The molecule has 5 heteroatoms. The van der Waals surface area contributed by atoms with Crippen LogP contribution in [0.15, 0.2) is 24.3 Å². The van der Waals surface area contributed by atoms with Gasteiger partial charge in [0.1, 0.15) is 0 Å². The van der Waals surface area contributed by atoms with Crippen molar-refractivity contribution in [3.05, 3.63) is 24.3 Å². The van der Waals surface area contributed by atoms with Crippen LogP contribution in [0, 0.1) is 0 Å². The number of ether oxygens (including phenoxy) is 1. The summed E-state index contributed by atoms with van der Waals surface area (Å²) >= 11 is 0. The van der Waals surface area contributed by atoms with Crippen LogP contribution in [-0.2, 0) is 24.1 Å². The number of esters is 1. The van der Waals surface area contributed by atoms with Gasteiger partial charge >= 0.3 is 11.9 Å². The lowest BCUT2D eigenvalue weighted by Gasteiger charge is -2.04. The van der Waals surface area contributed by atoms with Gasteiger partial charge in [-0.25, -0.2) is 9.59 Å². The summed E-state index contributed by atoms with van der Waals surface area (Å²) in [6, 6.07) is 0. The molecule has 0 N–H and O–H groups in total. The first kappa shape index (κ1) is 15.4. The highest BCUT2D eigenvalue weighted by Crippen LogP contribution is 1.98. The highest BCUT2D eigenvalue weighted by Gasteiger charge is 2.04. The second-order valence-corrected chi connectivity index (χ2v) is 3.60. The number of carbonyl (C=O) groups excluding carboxylic acids is 2. The third kappa shape index (κ3) is 8.21. The highest BCUT2D eigenvalue weighted by atomic mass is 17.2. The van der Waals surface area contributed by atoms with E-state index in [0.717, 1.165) is 0 Å². The Morgan fingerprint density at radius 1 is 0.941 bits per heavy atom. The monoisotopic (exact) mass is 242 g/mol. The Balaban J connectivity index is 3.36. The maximum atomic E-state index is 11.0.